The van der Waals surface area contributed by atoms with Gasteiger partial charge < -0.3 is 4.42 Å². The molecule has 0 amide bonds. The van der Waals surface area contributed by atoms with E-state index in [9.17, 15) is 4.79 Å². The normalized spacial score (nSPS) is 10.8. The van der Waals surface area contributed by atoms with E-state index in [1.807, 2.05) is 36.4 Å². The molecule has 0 atom stereocenters. The molecule has 1 aromatic heterocycles. The summed E-state index contributed by atoms with van der Waals surface area (Å²) in [6, 6.07) is 14.8. The molecule has 0 aliphatic heterocycles. The summed E-state index contributed by atoms with van der Waals surface area (Å²) >= 11 is 5.83. The fraction of sp³-hybridized carbons (Fsp3) is 0.0625. The Morgan fingerprint density at radius 3 is 2.58 bits per heavy atom. The molecule has 94 valence electrons. The Bertz CT molecular complexity index is 726. The Labute approximate surface area is 115 Å². The van der Waals surface area contributed by atoms with Crippen molar-refractivity contribution in [2.24, 2.45) is 0 Å². The predicted molar refractivity (Wildman–Crippen MR) is 75.7 cm³/mol. The lowest BCUT2D eigenvalue weighted by atomic mass is 10.0. The lowest BCUT2D eigenvalue weighted by Gasteiger charge is -2.00. The van der Waals surface area contributed by atoms with Gasteiger partial charge in [0.25, 0.3) is 0 Å². The van der Waals surface area contributed by atoms with Gasteiger partial charge in [-0.05, 0) is 23.8 Å². The number of carbonyl (C=O) groups excluding carboxylic acids is 1. The van der Waals surface area contributed by atoms with E-state index in [0.29, 0.717) is 17.0 Å². The van der Waals surface area contributed by atoms with Crippen LogP contribution in [0.4, 0.5) is 0 Å². The van der Waals surface area contributed by atoms with Gasteiger partial charge in [-0.25, -0.2) is 0 Å². The number of furan rings is 1. The minimum Gasteiger partial charge on any atom is -0.464 e. The molecule has 1 heterocycles. The molecule has 0 saturated carbocycles. The largest absolute Gasteiger partial charge is 0.464 e. The highest BCUT2D eigenvalue weighted by Gasteiger charge is 2.13. The molecule has 0 radical (unpaired) electrons. The molecule has 3 rings (SSSR count). The highest BCUT2D eigenvalue weighted by Crippen LogP contribution is 2.22. The number of halogens is 1. The first-order chi connectivity index (χ1) is 9.24. The number of Topliss-reactive ketones (excluding diaryl/α,β-unsaturated/α-hetero) is 1. The van der Waals surface area contributed by atoms with Crippen LogP contribution in [0.5, 0.6) is 0 Å². The molecular weight excluding hydrogens is 260 g/mol. The topological polar surface area (TPSA) is 30.2 Å². The van der Waals surface area contributed by atoms with Crippen molar-refractivity contribution in [3.05, 3.63) is 70.9 Å². The van der Waals surface area contributed by atoms with Crippen molar-refractivity contribution < 1.29 is 9.21 Å². The smallest absolute Gasteiger partial charge is 0.171 e. The van der Waals surface area contributed by atoms with Crippen LogP contribution in [0, 0.1) is 0 Å². The van der Waals surface area contributed by atoms with Gasteiger partial charge in [-0.3, -0.25) is 4.79 Å². The third kappa shape index (κ3) is 2.40. The van der Waals surface area contributed by atoms with Gasteiger partial charge in [0.05, 0.1) is 5.56 Å². The van der Waals surface area contributed by atoms with Crippen molar-refractivity contribution in [1.82, 2.24) is 0 Å². The molecule has 19 heavy (non-hydrogen) atoms. The molecule has 0 saturated heterocycles. The van der Waals surface area contributed by atoms with E-state index in [-0.39, 0.29) is 5.78 Å². The SMILES string of the molecule is O=C(Cc1ccc(Cl)cc1)c1coc2ccccc12. The zero-order valence-corrected chi connectivity index (χ0v) is 10.9. The van der Waals surface area contributed by atoms with Gasteiger partial charge in [0.1, 0.15) is 11.8 Å². The van der Waals surface area contributed by atoms with Gasteiger partial charge in [-0.1, -0.05) is 41.9 Å². The van der Waals surface area contributed by atoms with Crippen LogP contribution in [0.15, 0.2) is 59.2 Å². The lowest BCUT2D eigenvalue weighted by Crippen LogP contribution is -2.02. The highest BCUT2D eigenvalue weighted by molar-refractivity contribution is 6.30. The third-order valence-corrected chi connectivity index (χ3v) is 3.31. The number of para-hydroxylation sites is 1. The maximum Gasteiger partial charge on any atom is 0.171 e. The number of ketones is 1. The van der Waals surface area contributed by atoms with Gasteiger partial charge >= 0.3 is 0 Å². The first-order valence-electron chi connectivity index (χ1n) is 5.98. The second-order valence-corrected chi connectivity index (χ2v) is 4.81. The van der Waals surface area contributed by atoms with Gasteiger partial charge in [0, 0.05) is 16.8 Å². The zero-order chi connectivity index (χ0) is 13.2. The minimum atomic E-state index is 0.0484. The lowest BCUT2D eigenvalue weighted by molar-refractivity contribution is 0.0993. The van der Waals surface area contributed by atoms with Crippen LogP contribution in [0.3, 0.4) is 0 Å². The van der Waals surface area contributed by atoms with Gasteiger partial charge in [-0.2, -0.15) is 0 Å². The van der Waals surface area contributed by atoms with Crippen molar-refractivity contribution in [2.75, 3.05) is 0 Å². The summed E-state index contributed by atoms with van der Waals surface area (Å²) in [5.74, 6) is 0.0484. The molecule has 0 aliphatic carbocycles. The summed E-state index contributed by atoms with van der Waals surface area (Å²) in [6.45, 7) is 0. The molecule has 2 nitrogen and oxygen atoms in total. The Morgan fingerprint density at radius 2 is 1.79 bits per heavy atom. The minimum absolute atomic E-state index is 0.0484. The summed E-state index contributed by atoms with van der Waals surface area (Å²) in [5, 5.41) is 1.53. The van der Waals surface area contributed by atoms with E-state index in [0.717, 1.165) is 16.5 Å². The zero-order valence-electron chi connectivity index (χ0n) is 10.1. The number of hydrogen-bond acceptors (Lipinski definition) is 2. The van der Waals surface area contributed by atoms with Crippen LogP contribution in [0.25, 0.3) is 11.0 Å². The van der Waals surface area contributed by atoms with Crippen molar-refractivity contribution >= 4 is 28.4 Å². The predicted octanol–water partition coefficient (Wildman–Crippen LogP) is 4.51. The van der Waals surface area contributed by atoms with Crippen LogP contribution in [0.2, 0.25) is 5.02 Å². The van der Waals surface area contributed by atoms with Gasteiger partial charge in [0.2, 0.25) is 0 Å². The maximum absolute atomic E-state index is 12.3. The summed E-state index contributed by atoms with van der Waals surface area (Å²) in [4.78, 5) is 12.3. The van der Waals surface area contributed by atoms with Crippen LogP contribution in [-0.2, 0) is 6.42 Å². The van der Waals surface area contributed by atoms with Crippen molar-refractivity contribution in [2.45, 2.75) is 6.42 Å². The highest BCUT2D eigenvalue weighted by atomic mass is 35.5. The molecule has 0 N–H and O–H groups in total. The Hall–Kier alpha value is -2.06. The molecule has 2 aromatic carbocycles. The fourth-order valence-corrected chi connectivity index (χ4v) is 2.20. The summed E-state index contributed by atoms with van der Waals surface area (Å²) in [7, 11) is 0. The first kappa shape index (κ1) is 12.0. The summed E-state index contributed by atoms with van der Waals surface area (Å²) in [6.07, 6.45) is 1.88. The number of hydrogen-bond donors (Lipinski definition) is 0. The van der Waals surface area contributed by atoms with Crippen LogP contribution in [0.1, 0.15) is 15.9 Å². The Kier molecular flexibility index (Phi) is 3.10. The molecule has 0 bridgehead atoms. The second kappa shape index (κ2) is 4.90. The average molecular weight is 271 g/mol. The molecule has 0 aliphatic rings. The number of fused-ring (bicyclic) bond motifs is 1. The molecule has 0 unspecified atom stereocenters. The van der Waals surface area contributed by atoms with Gasteiger partial charge in [-0.15, -0.1) is 0 Å². The maximum atomic E-state index is 12.3. The molecule has 3 aromatic rings. The van der Waals surface area contributed by atoms with E-state index >= 15 is 0 Å². The molecular formula is C16H11ClO2. The number of benzene rings is 2. The van der Waals surface area contributed by atoms with Crippen LogP contribution in [-0.4, -0.2) is 5.78 Å². The Morgan fingerprint density at radius 1 is 1.05 bits per heavy atom. The summed E-state index contributed by atoms with van der Waals surface area (Å²) < 4.78 is 5.39. The fourth-order valence-electron chi connectivity index (χ4n) is 2.08. The number of carbonyl (C=O) groups is 1. The second-order valence-electron chi connectivity index (χ2n) is 4.37. The molecule has 0 fully saturated rings. The standard InChI is InChI=1S/C16H11ClO2/c17-12-7-5-11(6-8-12)9-15(18)14-10-19-16-4-2-1-3-13(14)16/h1-8,10H,9H2. The van der Waals surface area contributed by atoms with Crippen LogP contribution < -0.4 is 0 Å². The number of rotatable bonds is 3. The quantitative estimate of drug-likeness (QED) is 0.656. The first-order valence-corrected chi connectivity index (χ1v) is 6.36. The van der Waals surface area contributed by atoms with E-state index in [2.05, 4.69) is 0 Å². The van der Waals surface area contributed by atoms with E-state index in [1.165, 1.54) is 6.26 Å². The van der Waals surface area contributed by atoms with Crippen molar-refractivity contribution in [3.8, 4) is 0 Å². The van der Waals surface area contributed by atoms with E-state index < -0.39 is 0 Å². The third-order valence-electron chi connectivity index (χ3n) is 3.06. The van der Waals surface area contributed by atoms with E-state index in [4.69, 9.17) is 16.0 Å². The summed E-state index contributed by atoms with van der Waals surface area (Å²) in [5.41, 5.74) is 2.31. The van der Waals surface area contributed by atoms with Crippen molar-refractivity contribution in [1.29, 1.82) is 0 Å². The average Bonchev–Trinajstić information content (AvgIpc) is 2.85. The van der Waals surface area contributed by atoms with Gasteiger partial charge in [0.15, 0.2) is 5.78 Å². The monoisotopic (exact) mass is 270 g/mol. The molecule has 0 spiro atoms. The molecule has 3 heteroatoms. The van der Waals surface area contributed by atoms with Crippen molar-refractivity contribution in [3.63, 3.8) is 0 Å². The van der Waals surface area contributed by atoms with Crippen LogP contribution >= 0.6 is 11.6 Å². The van der Waals surface area contributed by atoms with E-state index in [1.54, 1.807) is 12.1 Å². The Balaban J connectivity index is 1.90.